The SMILES string of the molecule is COC(=O)c1ccc(Cl)c(NC(=O)CCS(=O)(=O)c2ccc(C)cc2)c1. The molecule has 2 rings (SSSR count). The van der Waals surface area contributed by atoms with E-state index in [0.717, 1.165) is 5.56 Å². The van der Waals surface area contributed by atoms with Crippen LogP contribution in [0.4, 0.5) is 5.69 Å². The number of benzene rings is 2. The van der Waals surface area contributed by atoms with E-state index in [2.05, 4.69) is 10.1 Å². The van der Waals surface area contributed by atoms with Gasteiger partial charge in [-0.3, -0.25) is 4.79 Å². The van der Waals surface area contributed by atoms with Gasteiger partial charge in [-0.25, -0.2) is 13.2 Å². The molecule has 2 aromatic rings. The number of sulfone groups is 1. The summed E-state index contributed by atoms with van der Waals surface area (Å²) in [6.45, 7) is 1.86. The predicted molar refractivity (Wildman–Crippen MR) is 99.3 cm³/mol. The van der Waals surface area contributed by atoms with Crippen LogP contribution in [0.1, 0.15) is 22.3 Å². The van der Waals surface area contributed by atoms with Crippen molar-refractivity contribution in [3.8, 4) is 0 Å². The Bertz CT molecular complexity index is 923. The number of esters is 1. The number of hydrogen-bond acceptors (Lipinski definition) is 5. The molecule has 0 aromatic heterocycles. The Kier molecular flexibility index (Phi) is 6.39. The lowest BCUT2D eigenvalue weighted by Crippen LogP contribution is -2.18. The number of ether oxygens (including phenoxy) is 1. The standard InChI is InChI=1S/C18H18ClNO5S/c1-12-3-6-14(7-4-12)26(23,24)10-9-17(21)20-16-11-13(18(22)25-2)5-8-15(16)19/h3-8,11H,9-10H2,1-2H3,(H,20,21). The average Bonchev–Trinajstić information content (AvgIpc) is 2.61. The molecule has 0 bridgehead atoms. The van der Waals surface area contributed by atoms with Crippen LogP contribution in [0.15, 0.2) is 47.4 Å². The molecule has 0 spiro atoms. The van der Waals surface area contributed by atoms with E-state index in [4.69, 9.17) is 11.6 Å². The first-order valence-electron chi connectivity index (χ1n) is 7.70. The predicted octanol–water partition coefficient (Wildman–Crippen LogP) is 3.24. The fourth-order valence-electron chi connectivity index (χ4n) is 2.17. The van der Waals surface area contributed by atoms with Crippen molar-refractivity contribution >= 4 is 39.0 Å². The second-order valence-electron chi connectivity index (χ2n) is 5.62. The Balaban J connectivity index is 2.05. The average molecular weight is 396 g/mol. The minimum atomic E-state index is -3.57. The minimum Gasteiger partial charge on any atom is -0.465 e. The molecule has 138 valence electrons. The van der Waals surface area contributed by atoms with Crippen molar-refractivity contribution < 1.29 is 22.7 Å². The van der Waals surface area contributed by atoms with Gasteiger partial charge in [0.2, 0.25) is 5.91 Å². The van der Waals surface area contributed by atoms with E-state index >= 15 is 0 Å². The van der Waals surface area contributed by atoms with Crippen LogP contribution in [0.25, 0.3) is 0 Å². The highest BCUT2D eigenvalue weighted by Gasteiger charge is 2.17. The summed E-state index contributed by atoms with van der Waals surface area (Å²) in [4.78, 5) is 23.8. The minimum absolute atomic E-state index is 0.168. The molecule has 6 nitrogen and oxygen atoms in total. The molecule has 0 heterocycles. The maximum absolute atomic E-state index is 12.3. The number of anilines is 1. The fourth-order valence-corrected chi connectivity index (χ4v) is 3.57. The largest absolute Gasteiger partial charge is 0.465 e. The first-order chi connectivity index (χ1) is 12.2. The van der Waals surface area contributed by atoms with Crippen LogP contribution in [0.3, 0.4) is 0 Å². The van der Waals surface area contributed by atoms with Gasteiger partial charge in [-0.1, -0.05) is 29.3 Å². The summed E-state index contributed by atoms with van der Waals surface area (Å²) in [5, 5.41) is 2.75. The molecule has 1 amide bonds. The van der Waals surface area contributed by atoms with E-state index < -0.39 is 21.7 Å². The molecule has 0 aliphatic carbocycles. The van der Waals surface area contributed by atoms with Crippen molar-refractivity contribution in [3.05, 3.63) is 58.6 Å². The van der Waals surface area contributed by atoms with E-state index in [9.17, 15) is 18.0 Å². The number of amides is 1. The maximum atomic E-state index is 12.3. The zero-order valence-corrected chi connectivity index (χ0v) is 15.9. The van der Waals surface area contributed by atoms with Crippen LogP contribution < -0.4 is 5.32 Å². The number of aryl methyl sites for hydroxylation is 1. The summed E-state index contributed by atoms with van der Waals surface area (Å²) in [5.41, 5.74) is 1.38. The highest BCUT2D eigenvalue weighted by atomic mass is 35.5. The summed E-state index contributed by atoms with van der Waals surface area (Å²) >= 11 is 6.00. The quantitative estimate of drug-likeness (QED) is 0.758. The molecule has 0 aliphatic heterocycles. The number of halogens is 1. The second-order valence-corrected chi connectivity index (χ2v) is 8.13. The maximum Gasteiger partial charge on any atom is 0.337 e. The van der Waals surface area contributed by atoms with Crippen LogP contribution in [-0.2, 0) is 19.4 Å². The lowest BCUT2D eigenvalue weighted by atomic mass is 10.2. The molecule has 0 radical (unpaired) electrons. The Morgan fingerprint density at radius 2 is 1.77 bits per heavy atom. The van der Waals surface area contributed by atoms with E-state index in [1.54, 1.807) is 12.1 Å². The third kappa shape index (κ3) is 5.06. The number of hydrogen-bond donors (Lipinski definition) is 1. The molecule has 0 aliphatic rings. The van der Waals surface area contributed by atoms with Gasteiger partial charge in [0.15, 0.2) is 9.84 Å². The highest BCUT2D eigenvalue weighted by molar-refractivity contribution is 7.91. The van der Waals surface area contributed by atoms with Gasteiger partial charge in [0, 0.05) is 6.42 Å². The van der Waals surface area contributed by atoms with E-state index in [-0.39, 0.29) is 33.3 Å². The first-order valence-corrected chi connectivity index (χ1v) is 9.73. The zero-order valence-electron chi connectivity index (χ0n) is 14.3. The Morgan fingerprint density at radius 3 is 2.38 bits per heavy atom. The number of nitrogens with one attached hydrogen (secondary N) is 1. The molecule has 0 fully saturated rings. The van der Waals surface area contributed by atoms with Gasteiger partial charge < -0.3 is 10.1 Å². The monoisotopic (exact) mass is 395 g/mol. The van der Waals surface area contributed by atoms with Crippen LogP contribution >= 0.6 is 11.6 Å². The lowest BCUT2D eigenvalue weighted by Gasteiger charge is -2.09. The van der Waals surface area contributed by atoms with Gasteiger partial charge in [-0.2, -0.15) is 0 Å². The van der Waals surface area contributed by atoms with Gasteiger partial charge in [0.25, 0.3) is 0 Å². The van der Waals surface area contributed by atoms with Crippen molar-refractivity contribution in [1.82, 2.24) is 0 Å². The van der Waals surface area contributed by atoms with E-state index in [1.807, 2.05) is 6.92 Å². The van der Waals surface area contributed by atoms with Gasteiger partial charge in [-0.15, -0.1) is 0 Å². The third-order valence-corrected chi connectivity index (χ3v) is 5.70. The summed E-state index contributed by atoms with van der Waals surface area (Å²) in [6.07, 6.45) is -0.241. The fraction of sp³-hybridized carbons (Fsp3) is 0.222. The molecular weight excluding hydrogens is 378 g/mol. The molecule has 0 unspecified atom stereocenters. The van der Waals surface area contributed by atoms with Gasteiger partial charge in [-0.05, 0) is 37.3 Å². The van der Waals surface area contributed by atoms with Crippen LogP contribution in [-0.4, -0.2) is 33.2 Å². The number of carbonyl (C=O) groups is 2. The molecule has 1 N–H and O–H groups in total. The molecule has 2 aromatic carbocycles. The van der Waals surface area contributed by atoms with Gasteiger partial charge in [0.05, 0.1) is 34.0 Å². The van der Waals surface area contributed by atoms with Crippen molar-refractivity contribution in [2.45, 2.75) is 18.2 Å². The molecule has 0 saturated carbocycles. The molecule has 0 saturated heterocycles. The molecular formula is C18H18ClNO5S. The zero-order chi connectivity index (χ0) is 19.3. The second kappa shape index (κ2) is 8.33. The number of rotatable bonds is 6. The van der Waals surface area contributed by atoms with Crippen molar-refractivity contribution in [3.63, 3.8) is 0 Å². The van der Waals surface area contributed by atoms with Crippen LogP contribution in [0.5, 0.6) is 0 Å². The van der Waals surface area contributed by atoms with Crippen LogP contribution in [0.2, 0.25) is 5.02 Å². The van der Waals surface area contributed by atoms with Gasteiger partial charge in [0.1, 0.15) is 0 Å². The Hall–Kier alpha value is -2.38. The first kappa shape index (κ1) is 19.9. The Morgan fingerprint density at radius 1 is 1.12 bits per heavy atom. The summed E-state index contributed by atoms with van der Waals surface area (Å²) in [7, 11) is -2.33. The van der Waals surface area contributed by atoms with Gasteiger partial charge >= 0.3 is 5.97 Å². The molecule has 8 heteroatoms. The summed E-state index contributed by atoms with van der Waals surface area (Å²) in [5.74, 6) is -1.43. The topological polar surface area (TPSA) is 89.5 Å². The highest BCUT2D eigenvalue weighted by Crippen LogP contribution is 2.24. The van der Waals surface area contributed by atoms with E-state index in [0.29, 0.717) is 0 Å². The third-order valence-electron chi connectivity index (χ3n) is 3.64. The Labute approximate surface area is 157 Å². The number of methoxy groups -OCH3 is 1. The van der Waals surface area contributed by atoms with Crippen molar-refractivity contribution in [2.24, 2.45) is 0 Å². The van der Waals surface area contributed by atoms with Crippen molar-refractivity contribution in [1.29, 1.82) is 0 Å². The summed E-state index contributed by atoms with van der Waals surface area (Å²) in [6, 6.07) is 10.7. The normalized spacial score (nSPS) is 11.0. The van der Waals surface area contributed by atoms with Crippen LogP contribution in [0, 0.1) is 6.92 Å². The smallest absolute Gasteiger partial charge is 0.337 e. The molecule has 26 heavy (non-hydrogen) atoms. The van der Waals surface area contributed by atoms with E-state index in [1.165, 1.54) is 37.4 Å². The lowest BCUT2D eigenvalue weighted by molar-refractivity contribution is -0.115. The van der Waals surface area contributed by atoms with Crippen molar-refractivity contribution in [2.75, 3.05) is 18.2 Å². The number of carbonyl (C=O) groups excluding carboxylic acids is 2. The molecule has 0 atom stereocenters. The summed E-state index contributed by atoms with van der Waals surface area (Å²) < 4.78 is 29.2.